The Kier molecular flexibility index (Phi) is 5.89. The Labute approximate surface area is 131 Å². The van der Waals surface area contributed by atoms with E-state index in [0.717, 1.165) is 11.5 Å². The van der Waals surface area contributed by atoms with E-state index in [-0.39, 0.29) is 18.2 Å². The predicted octanol–water partition coefficient (Wildman–Crippen LogP) is 1.89. The van der Waals surface area contributed by atoms with Crippen molar-refractivity contribution in [1.82, 2.24) is 10.2 Å². The molecule has 2 amide bonds. The highest BCUT2D eigenvalue weighted by Gasteiger charge is 2.25. The lowest BCUT2D eigenvalue weighted by Crippen LogP contribution is -2.52. The second-order valence-electron chi connectivity index (χ2n) is 5.42. The molecule has 0 spiro atoms. The predicted molar refractivity (Wildman–Crippen MR) is 83.5 cm³/mol. The van der Waals surface area contributed by atoms with E-state index in [2.05, 4.69) is 5.32 Å². The maximum absolute atomic E-state index is 12.1. The van der Waals surface area contributed by atoms with Crippen molar-refractivity contribution in [3.8, 4) is 11.5 Å². The standard InChI is InChI=1S/C16H24N2O4/c1-12-10-18(11-13(2)22-12)16(19)17-8-9-21-15-6-4-14(20-3)5-7-15/h4-7,12-13H,8-11H2,1-3H3,(H,17,19). The summed E-state index contributed by atoms with van der Waals surface area (Å²) in [7, 11) is 1.62. The van der Waals surface area contributed by atoms with Crippen molar-refractivity contribution in [2.24, 2.45) is 0 Å². The van der Waals surface area contributed by atoms with Crippen LogP contribution < -0.4 is 14.8 Å². The first-order valence-electron chi connectivity index (χ1n) is 7.53. The molecule has 1 aromatic rings. The highest BCUT2D eigenvalue weighted by Crippen LogP contribution is 2.16. The fourth-order valence-corrected chi connectivity index (χ4v) is 2.45. The summed E-state index contributed by atoms with van der Waals surface area (Å²) in [5, 5.41) is 2.87. The van der Waals surface area contributed by atoms with Gasteiger partial charge in [-0.3, -0.25) is 0 Å². The van der Waals surface area contributed by atoms with Crippen molar-refractivity contribution in [3.05, 3.63) is 24.3 Å². The number of benzene rings is 1. The Balaban J connectivity index is 1.68. The van der Waals surface area contributed by atoms with Gasteiger partial charge in [-0.1, -0.05) is 0 Å². The Morgan fingerprint density at radius 2 is 1.82 bits per heavy atom. The van der Waals surface area contributed by atoms with Crippen LogP contribution in [0.1, 0.15) is 13.8 Å². The summed E-state index contributed by atoms with van der Waals surface area (Å²) in [6.07, 6.45) is 0.148. The third-order valence-electron chi connectivity index (χ3n) is 3.41. The Morgan fingerprint density at radius 1 is 1.23 bits per heavy atom. The van der Waals surface area contributed by atoms with Crippen LogP contribution in [0, 0.1) is 0 Å². The van der Waals surface area contributed by atoms with E-state index in [1.807, 2.05) is 38.1 Å². The first-order valence-corrected chi connectivity index (χ1v) is 7.53. The van der Waals surface area contributed by atoms with Crippen LogP contribution in [0.4, 0.5) is 4.79 Å². The molecular weight excluding hydrogens is 284 g/mol. The highest BCUT2D eigenvalue weighted by molar-refractivity contribution is 5.74. The number of hydrogen-bond donors (Lipinski definition) is 1. The Morgan fingerprint density at radius 3 is 2.41 bits per heavy atom. The van der Waals surface area contributed by atoms with Crippen LogP contribution in [0.2, 0.25) is 0 Å². The number of amides is 2. The number of rotatable bonds is 5. The van der Waals surface area contributed by atoms with Crippen molar-refractivity contribution in [1.29, 1.82) is 0 Å². The molecule has 1 aliphatic heterocycles. The molecule has 0 aromatic heterocycles. The smallest absolute Gasteiger partial charge is 0.317 e. The van der Waals surface area contributed by atoms with Crippen LogP contribution in [0.3, 0.4) is 0 Å². The third kappa shape index (κ3) is 4.80. The maximum atomic E-state index is 12.1. The quantitative estimate of drug-likeness (QED) is 0.844. The molecule has 0 saturated carbocycles. The van der Waals surface area contributed by atoms with Crippen LogP contribution in [-0.2, 0) is 4.74 Å². The number of nitrogens with zero attached hydrogens (tertiary/aromatic N) is 1. The van der Waals surface area contributed by atoms with E-state index >= 15 is 0 Å². The average molecular weight is 308 g/mol. The Bertz CT molecular complexity index is 468. The molecule has 0 radical (unpaired) electrons. The molecular formula is C16H24N2O4. The highest BCUT2D eigenvalue weighted by atomic mass is 16.5. The molecule has 0 bridgehead atoms. The number of carbonyl (C=O) groups is 1. The van der Waals surface area contributed by atoms with E-state index in [9.17, 15) is 4.79 Å². The van der Waals surface area contributed by atoms with Gasteiger partial charge in [-0.2, -0.15) is 0 Å². The largest absolute Gasteiger partial charge is 0.497 e. The van der Waals surface area contributed by atoms with E-state index in [1.54, 1.807) is 12.0 Å². The summed E-state index contributed by atoms with van der Waals surface area (Å²) < 4.78 is 16.3. The Hall–Kier alpha value is -1.95. The molecule has 22 heavy (non-hydrogen) atoms. The van der Waals surface area contributed by atoms with Crippen molar-refractivity contribution in [2.45, 2.75) is 26.1 Å². The van der Waals surface area contributed by atoms with Crippen molar-refractivity contribution >= 4 is 6.03 Å². The summed E-state index contributed by atoms with van der Waals surface area (Å²) in [5.74, 6) is 1.54. The lowest BCUT2D eigenvalue weighted by molar-refractivity contribution is -0.0545. The molecule has 2 unspecified atom stereocenters. The third-order valence-corrected chi connectivity index (χ3v) is 3.41. The van der Waals surface area contributed by atoms with Crippen LogP contribution in [0.5, 0.6) is 11.5 Å². The normalized spacial score (nSPS) is 21.3. The van der Waals surface area contributed by atoms with Crippen LogP contribution in [0.15, 0.2) is 24.3 Å². The zero-order valence-corrected chi connectivity index (χ0v) is 13.4. The molecule has 1 saturated heterocycles. The second kappa shape index (κ2) is 7.89. The summed E-state index contributed by atoms with van der Waals surface area (Å²) >= 11 is 0. The molecule has 2 atom stereocenters. The number of hydrogen-bond acceptors (Lipinski definition) is 4. The first kappa shape index (κ1) is 16.4. The number of methoxy groups -OCH3 is 1. The summed E-state index contributed by atoms with van der Waals surface area (Å²) in [5.41, 5.74) is 0. The molecule has 6 nitrogen and oxygen atoms in total. The number of carbonyl (C=O) groups excluding carboxylic acids is 1. The minimum Gasteiger partial charge on any atom is -0.497 e. The molecule has 1 heterocycles. The van der Waals surface area contributed by atoms with Crippen LogP contribution >= 0.6 is 0 Å². The van der Waals surface area contributed by atoms with Crippen LogP contribution in [0.25, 0.3) is 0 Å². The van der Waals surface area contributed by atoms with Gasteiger partial charge in [0.05, 0.1) is 25.9 Å². The average Bonchev–Trinajstić information content (AvgIpc) is 2.51. The topological polar surface area (TPSA) is 60.0 Å². The van der Waals surface area contributed by atoms with Crippen molar-refractivity contribution < 1.29 is 19.0 Å². The van der Waals surface area contributed by atoms with E-state index in [0.29, 0.717) is 26.2 Å². The SMILES string of the molecule is COc1ccc(OCCNC(=O)N2CC(C)OC(C)C2)cc1. The summed E-state index contributed by atoms with van der Waals surface area (Å²) in [4.78, 5) is 13.9. The number of nitrogens with one attached hydrogen (secondary N) is 1. The van der Waals surface area contributed by atoms with E-state index in [4.69, 9.17) is 14.2 Å². The molecule has 6 heteroatoms. The molecule has 1 aliphatic rings. The van der Waals surface area contributed by atoms with Gasteiger partial charge in [-0.05, 0) is 38.1 Å². The molecule has 1 fully saturated rings. The van der Waals surface area contributed by atoms with E-state index in [1.165, 1.54) is 0 Å². The van der Waals surface area contributed by atoms with Gasteiger partial charge in [-0.25, -0.2) is 4.79 Å². The van der Waals surface area contributed by atoms with Gasteiger partial charge in [0.25, 0.3) is 0 Å². The van der Waals surface area contributed by atoms with Gasteiger partial charge in [0, 0.05) is 13.1 Å². The second-order valence-corrected chi connectivity index (χ2v) is 5.42. The lowest BCUT2D eigenvalue weighted by Gasteiger charge is -2.35. The van der Waals surface area contributed by atoms with Gasteiger partial charge in [0.15, 0.2) is 0 Å². The number of urea groups is 1. The fraction of sp³-hybridized carbons (Fsp3) is 0.562. The molecule has 2 rings (SSSR count). The van der Waals surface area contributed by atoms with Gasteiger partial charge in [0.2, 0.25) is 0 Å². The zero-order chi connectivity index (χ0) is 15.9. The summed E-state index contributed by atoms with van der Waals surface area (Å²) in [6.45, 7) is 6.08. The molecule has 1 N–H and O–H groups in total. The van der Waals surface area contributed by atoms with Gasteiger partial charge >= 0.3 is 6.03 Å². The lowest BCUT2D eigenvalue weighted by atomic mass is 10.2. The van der Waals surface area contributed by atoms with Gasteiger partial charge in [-0.15, -0.1) is 0 Å². The zero-order valence-electron chi connectivity index (χ0n) is 13.4. The fourth-order valence-electron chi connectivity index (χ4n) is 2.45. The van der Waals surface area contributed by atoms with Crippen molar-refractivity contribution in [2.75, 3.05) is 33.4 Å². The van der Waals surface area contributed by atoms with Crippen molar-refractivity contribution in [3.63, 3.8) is 0 Å². The minimum atomic E-state index is -0.0691. The molecule has 0 aliphatic carbocycles. The summed E-state index contributed by atoms with van der Waals surface area (Å²) in [6, 6.07) is 7.28. The minimum absolute atomic E-state index is 0.0691. The first-order chi connectivity index (χ1) is 10.6. The van der Waals surface area contributed by atoms with Crippen LogP contribution in [-0.4, -0.2) is 56.5 Å². The van der Waals surface area contributed by atoms with E-state index < -0.39 is 0 Å². The molecule has 122 valence electrons. The monoisotopic (exact) mass is 308 g/mol. The maximum Gasteiger partial charge on any atom is 0.317 e. The number of ether oxygens (including phenoxy) is 3. The number of morpholine rings is 1. The van der Waals surface area contributed by atoms with Gasteiger partial charge in [0.1, 0.15) is 18.1 Å². The molecule has 1 aromatic carbocycles. The van der Waals surface area contributed by atoms with Gasteiger partial charge < -0.3 is 24.4 Å².